The number of nitrogens with zero attached hydrogens (tertiary/aromatic N) is 3. The third kappa shape index (κ3) is 3.23. The Kier molecular flexibility index (Phi) is 4.04. The number of hydrogen-bond acceptors (Lipinski definition) is 4. The maximum atomic E-state index is 12.4. The number of nitrogens with two attached hydrogens (primary N) is 1. The van der Waals surface area contributed by atoms with Gasteiger partial charge < -0.3 is 15.5 Å². The number of carbonyl (C=O) groups excluding carboxylic acids is 1. The molecular weight excluding hydrogens is 240 g/mol. The maximum absolute atomic E-state index is 12.4. The van der Waals surface area contributed by atoms with Crippen LogP contribution >= 0.6 is 0 Å². The van der Waals surface area contributed by atoms with Gasteiger partial charge in [-0.05, 0) is 45.5 Å². The van der Waals surface area contributed by atoms with E-state index in [4.69, 9.17) is 5.73 Å². The first-order chi connectivity index (χ1) is 8.97. The molecule has 0 aromatic carbocycles. The molecule has 0 spiro atoms. The summed E-state index contributed by atoms with van der Waals surface area (Å²) in [6.45, 7) is 3.72. The molecule has 1 aromatic heterocycles. The first-order valence-corrected chi connectivity index (χ1v) is 6.67. The van der Waals surface area contributed by atoms with Gasteiger partial charge in [-0.1, -0.05) is 0 Å². The van der Waals surface area contributed by atoms with Crippen LogP contribution in [-0.4, -0.2) is 53.9 Å². The Morgan fingerprint density at radius 1 is 1.58 bits per heavy atom. The molecule has 1 unspecified atom stereocenters. The second-order valence-corrected chi connectivity index (χ2v) is 5.38. The fraction of sp³-hybridized carbons (Fsp3) is 0.571. The van der Waals surface area contributed by atoms with Crippen molar-refractivity contribution in [1.29, 1.82) is 0 Å². The molecule has 0 saturated carbocycles. The van der Waals surface area contributed by atoms with Crippen LogP contribution in [0.25, 0.3) is 0 Å². The van der Waals surface area contributed by atoms with Crippen molar-refractivity contribution in [3.8, 4) is 0 Å². The molecule has 0 radical (unpaired) electrons. The SMILES string of the molecule is Cc1cc(C(=O)N(C)CC2CCCN2C)cc(N)n1. The van der Waals surface area contributed by atoms with Crippen molar-refractivity contribution < 1.29 is 4.79 Å². The van der Waals surface area contributed by atoms with Gasteiger partial charge in [0.05, 0.1) is 0 Å². The lowest BCUT2D eigenvalue weighted by Crippen LogP contribution is -2.39. The number of aryl methyl sites for hydroxylation is 1. The zero-order valence-corrected chi connectivity index (χ0v) is 11.9. The van der Waals surface area contributed by atoms with Crippen molar-refractivity contribution in [1.82, 2.24) is 14.8 Å². The minimum atomic E-state index is 0.0116. The zero-order chi connectivity index (χ0) is 14.0. The third-order valence-electron chi connectivity index (χ3n) is 3.72. The summed E-state index contributed by atoms with van der Waals surface area (Å²) < 4.78 is 0. The number of likely N-dealkylation sites (N-methyl/N-ethyl adjacent to an activating group) is 2. The number of carbonyl (C=O) groups is 1. The summed E-state index contributed by atoms with van der Waals surface area (Å²) in [6.07, 6.45) is 2.37. The molecule has 5 nitrogen and oxygen atoms in total. The Balaban J connectivity index is 2.06. The van der Waals surface area contributed by atoms with Crippen LogP contribution in [0.3, 0.4) is 0 Å². The van der Waals surface area contributed by atoms with E-state index in [0.717, 1.165) is 25.2 Å². The van der Waals surface area contributed by atoms with Crippen LogP contribution in [0.5, 0.6) is 0 Å². The number of nitrogen functional groups attached to an aromatic ring is 1. The minimum Gasteiger partial charge on any atom is -0.384 e. The van der Waals surface area contributed by atoms with Crippen LogP contribution in [0.15, 0.2) is 12.1 Å². The monoisotopic (exact) mass is 262 g/mol. The molecule has 0 aliphatic carbocycles. The van der Waals surface area contributed by atoms with Crippen molar-refractivity contribution in [2.45, 2.75) is 25.8 Å². The van der Waals surface area contributed by atoms with Crippen LogP contribution in [0, 0.1) is 6.92 Å². The topological polar surface area (TPSA) is 62.5 Å². The number of likely N-dealkylation sites (tertiary alicyclic amines) is 1. The van der Waals surface area contributed by atoms with Gasteiger partial charge in [-0.2, -0.15) is 0 Å². The molecular formula is C14H22N4O. The van der Waals surface area contributed by atoms with Gasteiger partial charge in [-0.3, -0.25) is 4.79 Å². The van der Waals surface area contributed by atoms with E-state index in [1.54, 1.807) is 17.0 Å². The zero-order valence-electron chi connectivity index (χ0n) is 11.9. The molecule has 1 fully saturated rings. The summed E-state index contributed by atoms with van der Waals surface area (Å²) >= 11 is 0. The van der Waals surface area contributed by atoms with E-state index < -0.39 is 0 Å². The molecule has 2 heterocycles. The number of aromatic nitrogens is 1. The first-order valence-electron chi connectivity index (χ1n) is 6.67. The van der Waals surface area contributed by atoms with Gasteiger partial charge in [0.15, 0.2) is 0 Å². The van der Waals surface area contributed by atoms with Crippen molar-refractivity contribution in [2.75, 3.05) is 32.9 Å². The summed E-state index contributed by atoms with van der Waals surface area (Å²) in [6, 6.07) is 3.90. The van der Waals surface area contributed by atoms with Gasteiger partial charge in [0.2, 0.25) is 0 Å². The lowest BCUT2D eigenvalue weighted by Gasteiger charge is -2.26. The van der Waals surface area contributed by atoms with Crippen molar-refractivity contribution in [3.05, 3.63) is 23.4 Å². The smallest absolute Gasteiger partial charge is 0.253 e. The van der Waals surface area contributed by atoms with Crippen molar-refractivity contribution in [3.63, 3.8) is 0 Å². The van der Waals surface area contributed by atoms with E-state index in [2.05, 4.69) is 16.9 Å². The molecule has 1 amide bonds. The van der Waals surface area contributed by atoms with E-state index >= 15 is 0 Å². The summed E-state index contributed by atoms with van der Waals surface area (Å²) in [5, 5.41) is 0. The van der Waals surface area contributed by atoms with Crippen molar-refractivity contribution in [2.24, 2.45) is 0 Å². The minimum absolute atomic E-state index is 0.0116. The van der Waals surface area contributed by atoms with Crippen LogP contribution in [0.1, 0.15) is 28.9 Å². The number of hydrogen-bond donors (Lipinski definition) is 1. The molecule has 1 saturated heterocycles. The van der Waals surface area contributed by atoms with Gasteiger partial charge >= 0.3 is 0 Å². The van der Waals surface area contributed by atoms with Crippen LogP contribution in [-0.2, 0) is 0 Å². The molecule has 0 bridgehead atoms. The highest BCUT2D eigenvalue weighted by atomic mass is 16.2. The van der Waals surface area contributed by atoms with E-state index in [-0.39, 0.29) is 5.91 Å². The molecule has 1 atom stereocenters. The number of anilines is 1. The van der Waals surface area contributed by atoms with Gasteiger partial charge in [0, 0.05) is 30.9 Å². The van der Waals surface area contributed by atoms with Gasteiger partial charge in [-0.25, -0.2) is 4.98 Å². The standard InChI is InChI=1S/C14H22N4O/c1-10-7-11(8-13(15)16-10)14(19)18(3)9-12-5-4-6-17(12)2/h7-8,12H,4-6,9H2,1-3H3,(H2,15,16). The molecule has 1 aliphatic heterocycles. The first kappa shape index (κ1) is 13.8. The maximum Gasteiger partial charge on any atom is 0.253 e. The van der Waals surface area contributed by atoms with Crippen LogP contribution in [0.2, 0.25) is 0 Å². The average molecular weight is 262 g/mol. The Morgan fingerprint density at radius 2 is 2.32 bits per heavy atom. The molecule has 2 N–H and O–H groups in total. The normalized spacial score (nSPS) is 19.6. The van der Waals surface area contributed by atoms with E-state index in [9.17, 15) is 4.79 Å². The quantitative estimate of drug-likeness (QED) is 0.887. The molecule has 1 aromatic rings. The fourth-order valence-corrected chi connectivity index (χ4v) is 2.65. The molecule has 19 heavy (non-hydrogen) atoms. The van der Waals surface area contributed by atoms with Crippen LogP contribution in [0.4, 0.5) is 5.82 Å². The van der Waals surface area contributed by atoms with E-state index in [1.165, 1.54) is 6.42 Å². The lowest BCUT2D eigenvalue weighted by atomic mass is 10.1. The number of rotatable bonds is 3. The molecule has 2 rings (SSSR count). The van der Waals surface area contributed by atoms with Crippen LogP contribution < -0.4 is 5.73 Å². The number of amides is 1. The van der Waals surface area contributed by atoms with E-state index in [0.29, 0.717) is 17.4 Å². The second-order valence-electron chi connectivity index (χ2n) is 5.38. The molecule has 1 aliphatic rings. The Bertz CT molecular complexity index is 454. The predicted octanol–water partition coefficient (Wildman–Crippen LogP) is 1.14. The summed E-state index contributed by atoms with van der Waals surface area (Å²) in [5.74, 6) is 0.409. The molecule has 104 valence electrons. The summed E-state index contributed by atoms with van der Waals surface area (Å²) in [5.41, 5.74) is 7.08. The highest BCUT2D eigenvalue weighted by Crippen LogP contribution is 2.17. The largest absolute Gasteiger partial charge is 0.384 e. The Hall–Kier alpha value is -1.62. The number of pyridine rings is 1. The lowest BCUT2D eigenvalue weighted by molar-refractivity contribution is 0.0761. The van der Waals surface area contributed by atoms with Crippen molar-refractivity contribution >= 4 is 11.7 Å². The van der Waals surface area contributed by atoms with Gasteiger partial charge in [0.25, 0.3) is 5.91 Å². The average Bonchev–Trinajstić information content (AvgIpc) is 2.72. The predicted molar refractivity (Wildman–Crippen MR) is 76.0 cm³/mol. The fourth-order valence-electron chi connectivity index (χ4n) is 2.65. The Labute approximate surface area is 114 Å². The second kappa shape index (κ2) is 5.57. The summed E-state index contributed by atoms with van der Waals surface area (Å²) in [7, 11) is 3.96. The highest BCUT2D eigenvalue weighted by molar-refractivity contribution is 5.94. The molecule has 5 heteroatoms. The Morgan fingerprint density at radius 3 is 2.89 bits per heavy atom. The van der Waals surface area contributed by atoms with Gasteiger partial charge in [0.1, 0.15) is 5.82 Å². The van der Waals surface area contributed by atoms with Gasteiger partial charge in [-0.15, -0.1) is 0 Å². The highest BCUT2D eigenvalue weighted by Gasteiger charge is 2.24. The van der Waals surface area contributed by atoms with E-state index in [1.807, 2.05) is 14.0 Å². The summed E-state index contributed by atoms with van der Waals surface area (Å²) in [4.78, 5) is 20.6. The third-order valence-corrected chi connectivity index (χ3v) is 3.72.